The molecule has 0 fully saturated rings. The Morgan fingerprint density at radius 1 is 0.403 bits per heavy atom. The van der Waals surface area contributed by atoms with Crippen molar-refractivity contribution >= 4 is 25.7 Å². The molecule has 0 saturated heterocycles. The summed E-state index contributed by atoms with van der Waals surface area (Å²) in [5, 5.41) is 9.80. The maximum Gasteiger partial charge on any atom is 0.472 e. The molecular weight excluding hydrogens is 928 g/mol. The number of allylic oxidation sites excluding steroid dienone is 12. The maximum atomic E-state index is 12.9. The SMILES string of the molecule is CC/C=C\C/C=C\C/C=C\C/C=C\CCCCC(=O)OCC(COP(=O)(O)OCC(CO)OC(=O)CCCCCCC/C=C\C/C=C\CCC)OC(=O)CCCCCCCCCCCCCCCCCCC. The van der Waals surface area contributed by atoms with Crippen molar-refractivity contribution in [2.45, 2.75) is 264 Å². The maximum absolute atomic E-state index is 12.9. The highest BCUT2D eigenvalue weighted by atomic mass is 31.2. The minimum atomic E-state index is -4.76. The number of aliphatic hydroxyl groups is 1. The van der Waals surface area contributed by atoms with E-state index >= 15 is 0 Å². The van der Waals surface area contributed by atoms with Gasteiger partial charge in [-0.15, -0.1) is 0 Å². The predicted molar refractivity (Wildman–Crippen MR) is 298 cm³/mol. The van der Waals surface area contributed by atoms with Gasteiger partial charge in [0.2, 0.25) is 0 Å². The number of hydrogen-bond donors (Lipinski definition) is 2. The zero-order chi connectivity index (χ0) is 52.7. The molecule has 0 aliphatic heterocycles. The van der Waals surface area contributed by atoms with Crippen LogP contribution in [0.2, 0.25) is 0 Å². The van der Waals surface area contributed by atoms with Gasteiger partial charge in [-0.3, -0.25) is 23.4 Å². The summed E-state index contributed by atoms with van der Waals surface area (Å²) in [4.78, 5) is 48.5. The van der Waals surface area contributed by atoms with Crippen molar-refractivity contribution < 1.29 is 52.2 Å². The van der Waals surface area contributed by atoms with Crippen molar-refractivity contribution in [1.29, 1.82) is 0 Å². The van der Waals surface area contributed by atoms with Crippen molar-refractivity contribution in [3.05, 3.63) is 72.9 Å². The van der Waals surface area contributed by atoms with Crippen LogP contribution >= 0.6 is 7.82 Å². The third-order valence-electron chi connectivity index (χ3n) is 12.1. The van der Waals surface area contributed by atoms with Gasteiger partial charge in [0.25, 0.3) is 0 Å². The summed E-state index contributed by atoms with van der Waals surface area (Å²) >= 11 is 0. The van der Waals surface area contributed by atoms with Gasteiger partial charge in [0.05, 0.1) is 19.8 Å². The lowest BCUT2D eigenvalue weighted by molar-refractivity contribution is -0.161. The summed E-state index contributed by atoms with van der Waals surface area (Å²) in [5.41, 5.74) is 0. The number of carbonyl (C=O) groups excluding carboxylic acids is 3. The fourth-order valence-corrected chi connectivity index (χ4v) is 8.52. The molecule has 0 aliphatic rings. The van der Waals surface area contributed by atoms with Crippen LogP contribution in [0.4, 0.5) is 0 Å². The third-order valence-corrected chi connectivity index (χ3v) is 13.0. The minimum Gasteiger partial charge on any atom is -0.462 e. The Bertz CT molecular complexity index is 1490. The van der Waals surface area contributed by atoms with Gasteiger partial charge in [-0.2, -0.15) is 0 Å². The van der Waals surface area contributed by atoms with Crippen LogP contribution in [-0.4, -0.2) is 66.5 Å². The second-order valence-electron chi connectivity index (χ2n) is 19.1. The molecule has 416 valence electrons. The first kappa shape index (κ1) is 68.9. The number of carbonyl (C=O) groups is 3. The van der Waals surface area contributed by atoms with Crippen LogP contribution < -0.4 is 0 Å². The lowest BCUT2D eigenvalue weighted by atomic mass is 10.0. The highest BCUT2D eigenvalue weighted by molar-refractivity contribution is 7.47. The smallest absolute Gasteiger partial charge is 0.462 e. The van der Waals surface area contributed by atoms with Crippen LogP contribution in [0.3, 0.4) is 0 Å². The van der Waals surface area contributed by atoms with E-state index < -0.39 is 57.8 Å². The number of ether oxygens (including phenoxy) is 3. The van der Waals surface area contributed by atoms with Crippen LogP contribution in [0, 0.1) is 0 Å². The Morgan fingerprint density at radius 2 is 0.750 bits per heavy atom. The molecule has 0 aromatic carbocycles. The normalized spacial score (nSPS) is 13.9. The zero-order valence-corrected chi connectivity index (χ0v) is 46.8. The Kier molecular flexibility index (Phi) is 51.9. The Labute approximate surface area is 439 Å². The summed E-state index contributed by atoms with van der Waals surface area (Å²) < 4.78 is 39.5. The van der Waals surface area contributed by atoms with Gasteiger partial charge in [-0.25, -0.2) is 4.57 Å². The molecule has 2 N–H and O–H groups in total. The van der Waals surface area contributed by atoms with Crippen LogP contribution in [0.25, 0.3) is 0 Å². The van der Waals surface area contributed by atoms with E-state index in [4.69, 9.17) is 23.3 Å². The number of phosphoric ester groups is 1. The molecule has 0 amide bonds. The molecule has 0 aromatic rings. The van der Waals surface area contributed by atoms with Crippen molar-refractivity contribution in [1.82, 2.24) is 0 Å². The number of rotatable bonds is 53. The van der Waals surface area contributed by atoms with E-state index in [0.717, 1.165) is 109 Å². The van der Waals surface area contributed by atoms with Gasteiger partial charge in [-0.1, -0.05) is 222 Å². The molecule has 3 unspecified atom stereocenters. The minimum absolute atomic E-state index is 0.157. The van der Waals surface area contributed by atoms with E-state index in [1.54, 1.807) is 0 Å². The highest BCUT2D eigenvalue weighted by Gasteiger charge is 2.28. The Balaban J connectivity index is 4.77. The van der Waals surface area contributed by atoms with E-state index in [2.05, 4.69) is 93.7 Å². The van der Waals surface area contributed by atoms with Gasteiger partial charge in [0.1, 0.15) is 12.7 Å². The molecule has 12 heteroatoms. The lowest BCUT2D eigenvalue weighted by Gasteiger charge is -2.21. The van der Waals surface area contributed by atoms with Crippen LogP contribution in [0.15, 0.2) is 72.9 Å². The van der Waals surface area contributed by atoms with E-state index in [0.29, 0.717) is 19.3 Å². The molecule has 11 nitrogen and oxygen atoms in total. The predicted octanol–water partition coefficient (Wildman–Crippen LogP) is 16.9. The molecule has 0 bridgehead atoms. The van der Waals surface area contributed by atoms with Crippen LogP contribution in [-0.2, 0) is 42.2 Å². The van der Waals surface area contributed by atoms with E-state index in [1.807, 2.05) is 0 Å². The molecule has 3 atom stereocenters. The molecular formula is C60H105O11P. The highest BCUT2D eigenvalue weighted by Crippen LogP contribution is 2.43. The average molecular weight is 1030 g/mol. The van der Waals surface area contributed by atoms with Crippen molar-refractivity contribution in [2.75, 3.05) is 26.4 Å². The quantitative estimate of drug-likeness (QED) is 0.0197. The van der Waals surface area contributed by atoms with E-state index in [1.165, 1.54) is 83.5 Å². The number of esters is 3. The number of aliphatic hydroxyl groups excluding tert-OH is 1. The first-order valence-corrected chi connectivity index (χ1v) is 30.3. The molecule has 0 spiro atoms. The first-order chi connectivity index (χ1) is 35.2. The summed E-state index contributed by atoms with van der Waals surface area (Å²) in [5.74, 6) is -1.52. The zero-order valence-electron chi connectivity index (χ0n) is 45.9. The second kappa shape index (κ2) is 54.2. The number of hydrogen-bond acceptors (Lipinski definition) is 10. The van der Waals surface area contributed by atoms with Gasteiger partial charge < -0.3 is 24.2 Å². The van der Waals surface area contributed by atoms with Crippen molar-refractivity contribution in [3.8, 4) is 0 Å². The van der Waals surface area contributed by atoms with Gasteiger partial charge in [-0.05, 0) is 83.5 Å². The Hall–Kier alpha value is -3.08. The molecule has 0 aliphatic carbocycles. The molecule has 0 aromatic heterocycles. The van der Waals surface area contributed by atoms with E-state index in [9.17, 15) is 28.9 Å². The molecule has 0 radical (unpaired) electrons. The molecule has 0 heterocycles. The molecule has 0 rings (SSSR count). The fraction of sp³-hybridized carbons (Fsp3) is 0.750. The van der Waals surface area contributed by atoms with Crippen molar-refractivity contribution in [3.63, 3.8) is 0 Å². The topological polar surface area (TPSA) is 155 Å². The lowest BCUT2D eigenvalue weighted by Crippen LogP contribution is -2.30. The fourth-order valence-electron chi connectivity index (χ4n) is 7.74. The number of unbranched alkanes of at least 4 members (excludes halogenated alkanes) is 24. The number of phosphoric acid groups is 1. The summed E-state index contributed by atoms with van der Waals surface area (Å²) in [6.07, 6.45) is 60.1. The molecule has 72 heavy (non-hydrogen) atoms. The summed E-state index contributed by atoms with van der Waals surface area (Å²) in [6.45, 7) is 4.42. The van der Waals surface area contributed by atoms with Crippen LogP contribution in [0.1, 0.15) is 252 Å². The average Bonchev–Trinajstić information content (AvgIpc) is 3.37. The third kappa shape index (κ3) is 51.8. The monoisotopic (exact) mass is 1030 g/mol. The summed E-state index contributed by atoms with van der Waals surface area (Å²) in [6, 6.07) is 0. The van der Waals surface area contributed by atoms with E-state index in [-0.39, 0.29) is 25.9 Å². The first-order valence-electron chi connectivity index (χ1n) is 28.8. The van der Waals surface area contributed by atoms with Crippen molar-refractivity contribution in [2.24, 2.45) is 0 Å². The Morgan fingerprint density at radius 3 is 1.19 bits per heavy atom. The second-order valence-corrected chi connectivity index (χ2v) is 20.5. The van der Waals surface area contributed by atoms with Gasteiger partial charge in [0.15, 0.2) is 6.10 Å². The standard InChI is InChI=1S/C60H105O11P/c1-4-7-10-13-16-19-22-25-27-28-30-33-36-39-42-45-48-51-60(64)71-57(53-67-58(62)49-46-43-40-37-34-32-29-26-23-20-17-14-11-8-5-2)55-69-72(65,66)68-54-56(52-61)70-59(63)50-47-44-41-38-35-31-24-21-18-15-12-9-6-3/h8,11-12,15,17,20-21,24,26,29,34,37,56-57,61H,4-7,9-10,13-14,16,18-19,22-23,25,27-28,30-33,35-36,38-55H2,1-3H3,(H,65,66)/b11-8-,15-12-,20-17-,24-21-,29-26-,37-34-. The van der Waals surface area contributed by atoms with Gasteiger partial charge >= 0.3 is 25.7 Å². The summed E-state index contributed by atoms with van der Waals surface area (Å²) in [7, 11) is -4.76. The largest absolute Gasteiger partial charge is 0.472 e. The molecule has 0 saturated carbocycles. The van der Waals surface area contributed by atoms with Gasteiger partial charge in [0, 0.05) is 19.3 Å². The van der Waals surface area contributed by atoms with Crippen LogP contribution in [0.5, 0.6) is 0 Å².